The number of nitrogens with two attached hydrogens (primary N) is 1. The van der Waals surface area contributed by atoms with Crippen molar-refractivity contribution in [1.82, 2.24) is 0 Å². The van der Waals surface area contributed by atoms with E-state index < -0.39 is 5.97 Å². The van der Waals surface area contributed by atoms with Crippen LogP contribution < -0.4 is 5.73 Å². The van der Waals surface area contributed by atoms with Crippen LogP contribution in [0.5, 0.6) is 0 Å². The Balaban J connectivity index is 2.11. The SMILES string of the molecule is C[C@@H](CCCC1CCCC1)C[C@H](CN)C(=O)O. The summed E-state index contributed by atoms with van der Waals surface area (Å²) in [6.45, 7) is 2.42. The molecule has 0 unspecified atom stereocenters. The second-order valence-electron chi connectivity index (χ2n) is 5.69. The van der Waals surface area contributed by atoms with Crippen molar-refractivity contribution in [2.24, 2.45) is 23.5 Å². The summed E-state index contributed by atoms with van der Waals surface area (Å²) in [7, 11) is 0. The molecule has 1 rings (SSSR count). The zero-order valence-electron chi connectivity index (χ0n) is 11.0. The summed E-state index contributed by atoms with van der Waals surface area (Å²) < 4.78 is 0. The van der Waals surface area contributed by atoms with Gasteiger partial charge in [0.1, 0.15) is 0 Å². The summed E-state index contributed by atoms with van der Waals surface area (Å²) in [5, 5.41) is 8.94. The molecule has 1 fully saturated rings. The standard InChI is InChI=1S/C14H27NO2/c1-11(9-13(10-15)14(16)17)5-4-8-12-6-2-3-7-12/h11-13H,2-10,15H2,1H3,(H,16,17)/t11-,13+/m0/s1. The Bertz CT molecular complexity index is 224. The molecule has 0 bridgehead atoms. The van der Waals surface area contributed by atoms with E-state index in [4.69, 9.17) is 10.8 Å². The molecule has 0 aromatic carbocycles. The number of rotatable bonds is 8. The van der Waals surface area contributed by atoms with Gasteiger partial charge in [-0.05, 0) is 18.3 Å². The van der Waals surface area contributed by atoms with Gasteiger partial charge in [0, 0.05) is 6.54 Å². The summed E-state index contributed by atoms with van der Waals surface area (Å²) in [6, 6.07) is 0. The molecule has 17 heavy (non-hydrogen) atoms. The van der Waals surface area contributed by atoms with Crippen LogP contribution in [0.2, 0.25) is 0 Å². The third kappa shape index (κ3) is 5.53. The molecule has 100 valence electrons. The molecule has 1 aliphatic carbocycles. The summed E-state index contributed by atoms with van der Waals surface area (Å²) in [5.74, 6) is 0.347. The van der Waals surface area contributed by atoms with Gasteiger partial charge >= 0.3 is 5.97 Å². The molecule has 0 saturated heterocycles. The van der Waals surface area contributed by atoms with Crippen LogP contribution in [0.3, 0.4) is 0 Å². The lowest BCUT2D eigenvalue weighted by Gasteiger charge is -2.17. The lowest BCUT2D eigenvalue weighted by Crippen LogP contribution is -2.25. The number of carboxylic acids is 1. The van der Waals surface area contributed by atoms with Crippen LogP contribution in [0.15, 0.2) is 0 Å². The Morgan fingerprint density at radius 3 is 2.59 bits per heavy atom. The van der Waals surface area contributed by atoms with E-state index in [0.717, 1.165) is 18.8 Å². The van der Waals surface area contributed by atoms with Gasteiger partial charge < -0.3 is 10.8 Å². The van der Waals surface area contributed by atoms with Crippen LogP contribution in [0.25, 0.3) is 0 Å². The second-order valence-corrected chi connectivity index (χ2v) is 5.69. The molecule has 2 atom stereocenters. The fraction of sp³-hybridized carbons (Fsp3) is 0.929. The normalized spacial score (nSPS) is 20.4. The smallest absolute Gasteiger partial charge is 0.307 e. The predicted octanol–water partition coefficient (Wildman–Crippen LogP) is 3.03. The van der Waals surface area contributed by atoms with Crippen molar-refractivity contribution >= 4 is 5.97 Å². The molecular formula is C14H27NO2. The van der Waals surface area contributed by atoms with Gasteiger partial charge in [-0.15, -0.1) is 0 Å². The Labute approximate surface area is 105 Å². The van der Waals surface area contributed by atoms with Gasteiger partial charge in [-0.3, -0.25) is 4.79 Å². The second kappa shape index (κ2) is 7.70. The van der Waals surface area contributed by atoms with Gasteiger partial charge in [-0.1, -0.05) is 51.9 Å². The Kier molecular flexibility index (Phi) is 6.56. The molecule has 3 nitrogen and oxygen atoms in total. The van der Waals surface area contributed by atoms with E-state index in [-0.39, 0.29) is 12.5 Å². The Morgan fingerprint density at radius 2 is 2.06 bits per heavy atom. The lowest BCUT2D eigenvalue weighted by molar-refractivity contribution is -0.141. The van der Waals surface area contributed by atoms with Crippen molar-refractivity contribution in [3.8, 4) is 0 Å². The van der Waals surface area contributed by atoms with E-state index in [1.165, 1.54) is 38.5 Å². The van der Waals surface area contributed by atoms with Crippen LogP contribution in [0.1, 0.15) is 58.3 Å². The molecule has 0 aliphatic heterocycles. The molecule has 3 heteroatoms. The molecule has 0 aromatic rings. The average molecular weight is 241 g/mol. The minimum atomic E-state index is -0.741. The molecule has 0 heterocycles. The molecule has 0 spiro atoms. The minimum Gasteiger partial charge on any atom is -0.481 e. The maximum Gasteiger partial charge on any atom is 0.307 e. The first kappa shape index (κ1) is 14.5. The van der Waals surface area contributed by atoms with Crippen LogP contribution in [0, 0.1) is 17.8 Å². The first-order valence-electron chi connectivity index (χ1n) is 7.06. The number of hydrogen-bond donors (Lipinski definition) is 2. The maximum atomic E-state index is 10.9. The first-order valence-corrected chi connectivity index (χ1v) is 7.06. The quantitative estimate of drug-likeness (QED) is 0.686. The monoisotopic (exact) mass is 241 g/mol. The minimum absolute atomic E-state index is 0.266. The van der Waals surface area contributed by atoms with Crippen molar-refractivity contribution in [3.05, 3.63) is 0 Å². The van der Waals surface area contributed by atoms with Gasteiger partial charge in [-0.2, -0.15) is 0 Å². The molecule has 3 N–H and O–H groups in total. The summed E-state index contributed by atoms with van der Waals surface area (Å²) >= 11 is 0. The van der Waals surface area contributed by atoms with Crippen molar-refractivity contribution in [2.45, 2.75) is 58.3 Å². The van der Waals surface area contributed by atoms with E-state index in [2.05, 4.69) is 6.92 Å². The maximum absolute atomic E-state index is 10.9. The third-order valence-electron chi connectivity index (χ3n) is 4.10. The van der Waals surface area contributed by atoms with E-state index in [1.807, 2.05) is 0 Å². The fourth-order valence-corrected chi connectivity index (χ4v) is 2.96. The van der Waals surface area contributed by atoms with Crippen molar-refractivity contribution in [2.75, 3.05) is 6.54 Å². The largest absolute Gasteiger partial charge is 0.481 e. The highest BCUT2D eigenvalue weighted by atomic mass is 16.4. The predicted molar refractivity (Wildman–Crippen MR) is 69.8 cm³/mol. The van der Waals surface area contributed by atoms with Gasteiger partial charge in [0.25, 0.3) is 0 Å². The van der Waals surface area contributed by atoms with Crippen LogP contribution >= 0.6 is 0 Å². The van der Waals surface area contributed by atoms with Crippen LogP contribution in [-0.4, -0.2) is 17.6 Å². The van der Waals surface area contributed by atoms with Crippen LogP contribution in [-0.2, 0) is 4.79 Å². The summed E-state index contributed by atoms with van der Waals surface area (Å²) in [4.78, 5) is 10.9. The number of carboxylic acid groups (broad SMARTS) is 1. The van der Waals surface area contributed by atoms with E-state index >= 15 is 0 Å². The molecule has 0 amide bonds. The zero-order valence-corrected chi connectivity index (χ0v) is 11.0. The first-order chi connectivity index (χ1) is 8.13. The van der Waals surface area contributed by atoms with E-state index in [9.17, 15) is 4.79 Å². The molecule has 0 aromatic heterocycles. The van der Waals surface area contributed by atoms with E-state index in [1.54, 1.807) is 0 Å². The molecule has 0 radical (unpaired) electrons. The zero-order chi connectivity index (χ0) is 12.7. The topological polar surface area (TPSA) is 63.3 Å². The van der Waals surface area contributed by atoms with Crippen molar-refractivity contribution in [1.29, 1.82) is 0 Å². The van der Waals surface area contributed by atoms with Gasteiger partial charge in [0.2, 0.25) is 0 Å². The van der Waals surface area contributed by atoms with Crippen LogP contribution in [0.4, 0.5) is 0 Å². The van der Waals surface area contributed by atoms with Gasteiger partial charge in [-0.25, -0.2) is 0 Å². The van der Waals surface area contributed by atoms with Gasteiger partial charge in [0.15, 0.2) is 0 Å². The number of carbonyl (C=O) groups is 1. The molecule has 1 saturated carbocycles. The average Bonchev–Trinajstić information content (AvgIpc) is 2.78. The molecular weight excluding hydrogens is 214 g/mol. The number of aliphatic carboxylic acids is 1. The Morgan fingerprint density at radius 1 is 1.41 bits per heavy atom. The highest BCUT2D eigenvalue weighted by molar-refractivity contribution is 5.70. The molecule has 1 aliphatic rings. The Hall–Kier alpha value is -0.570. The number of hydrogen-bond acceptors (Lipinski definition) is 2. The lowest BCUT2D eigenvalue weighted by atomic mass is 9.90. The fourth-order valence-electron chi connectivity index (χ4n) is 2.96. The summed E-state index contributed by atoms with van der Waals surface area (Å²) in [5.41, 5.74) is 5.47. The summed E-state index contributed by atoms with van der Waals surface area (Å²) in [6.07, 6.45) is 10.1. The third-order valence-corrected chi connectivity index (χ3v) is 4.10. The highest BCUT2D eigenvalue weighted by Crippen LogP contribution is 2.30. The van der Waals surface area contributed by atoms with Crippen molar-refractivity contribution in [3.63, 3.8) is 0 Å². The van der Waals surface area contributed by atoms with Gasteiger partial charge in [0.05, 0.1) is 5.92 Å². The highest BCUT2D eigenvalue weighted by Gasteiger charge is 2.19. The van der Waals surface area contributed by atoms with E-state index in [0.29, 0.717) is 5.92 Å². The van der Waals surface area contributed by atoms with Crippen molar-refractivity contribution < 1.29 is 9.90 Å².